The third-order valence-electron chi connectivity index (χ3n) is 4.69. The van der Waals surface area contributed by atoms with Gasteiger partial charge >= 0.3 is 12.1 Å². The number of ether oxygens (including phenoxy) is 1. The van der Waals surface area contributed by atoms with Gasteiger partial charge in [-0.05, 0) is 75.2 Å². The first-order valence-corrected chi connectivity index (χ1v) is 10.7. The van der Waals surface area contributed by atoms with Gasteiger partial charge in [0.25, 0.3) is 11.1 Å². The van der Waals surface area contributed by atoms with Crippen LogP contribution in [-0.2, 0) is 9.53 Å². The van der Waals surface area contributed by atoms with Crippen molar-refractivity contribution in [3.05, 3.63) is 34.2 Å². The maximum Gasteiger partial charge on any atom is 0.407 e. The minimum Gasteiger partial charge on any atom is -0.478 e. The number of aromatic carboxylic acids is 1. The van der Waals surface area contributed by atoms with Crippen molar-refractivity contribution in [2.75, 3.05) is 18.0 Å². The standard InChI is InChI=1S/C21H25N3O6S/c1-21(2,3)30-19(28)22-14-5-4-8-24(11-14)15-7-6-12(18(26)27)9-13(15)10-16-17(25)23-20(29)31-16/h6-7,9-10,14H,4-5,8,11H2,1-3H3,(H,22,28)(H,26,27)(H,23,25,29)/b16-10-/t14-/m1/s1. The highest BCUT2D eigenvalue weighted by atomic mass is 32.2. The lowest BCUT2D eigenvalue weighted by molar-refractivity contribution is -0.115. The Morgan fingerprint density at radius 2 is 2.06 bits per heavy atom. The number of carboxylic acids is 1. The van der Waals surface area contributed by atoms with E-state index >= 15 is 0 Å². The van der Waals surface area contributed by atoms with Crippen LogP contribution in [0.5, 0.6) is 0 Å². The van der Waals surface area contributed by atoms with Gasteiger partial charge in [-0.25, -0.2) is 9.59 Å². The van der Waals surface area contributed by atoms with Gasteiger partial charge in [0.05, 0.1) is 10.5 Å². The number of carbonyl (C=O) groups is 4. The summed E-state index contributed by atoms with van der Waals surface area (Å²) in [5, 5.41) is 14.0. The molecule has 166 valence electrons. The quantitative estimate of drug-likeness (QED) is 0.601. The van der Waals surface area contributed by atoms with Crippen LogP contribution in [0.3, 0.4) is 0 Å². The number of hydrogen-bond acceptors (Lipinski definition) is 7. The fourth-order valence-electron chi connectivity index (χ4n) is 3.44. The van der Waals surface area contributed by atoms with E-state index in [0.717, 1.165) is 30.3 Å². The van der Waals surface area contributed by atoms with E-state index in [1.165, 1.54) is 18.2 Å². The van der Waals surface area contributed by atoms with Gasteiger partial charge in [-0.15, -0.1) is 0 Å². The molecule has 10 heteroatoms. The Bertz CT molecular complexity index is 953. The smallest absolute Gasteiger partial charge is 0.407 e. The van der Waals surface area contributed by atoms with Crippen molar-refractivity contribution in [2.24, 2.45) is 0 Å². The molecule has 3 amide bonds. The summed E-state index contributed by atoms with van der Waals surface area (Å²) in [7, 11) is 0. The molecule has 0 radical (unpaired) electrons. The van der Waals surface area contributed by atoms with Crippen LogP contribution in [-0.4, -0.2) is 53.0 Å². The molecule has 0 bridgehead atoms. The van der Waals surface area contributed by atoms with Gasteiger partial charge in [0, 0.05) is 24.8 Å². The average Bonchev–Trinajstić information content (AvgIpc) is 2.97. The van der Waals surface area contributed by atoms with Crippen LogP contribution in [0.2, 0.25) is 0 Å². The molecule has 0 unspecified atom stereocenters. The molecule has 9 nitrogen and oxygen atoms in total. The van der Waals surface area contributed by atoms with Crippen molar-refractivity contribution in [3.8, 4) is 0 Å². The molecule has 2 fully saturated rings. The predicted molar refractivity (Wildman–Crippen MR) is 117 cm³/mol. The van der Waals surface area contributed by atoms with Gasteiger partial charge in [-0.1, -0.05) is 0 Å². The largest absolute Gasteiger partial charge is 0.478 e. The molecule has 2 saturated heterocycles. The van der Waals surface area contributed by atoms with Gasteiger partial charge < -0.3 is 20.1 Å². The lowest BCUT2D eigenvalue weighted by Crippen LogP contribution is -2.49. The van der Waals surface area contributed by atoms with Crippen LogP contribution >= 0.6 is 11.8 Å². The van der Waals surface area contributed by atoms with Crippen molar-refractivity contribution in [3.63, 3.8) is 0 Å². The topological polar surface area (TPSA) is 125 Å². The van der Waals surface area contributed by atoms with E-state index < -0.39 is 28.8 Å². The molecule has 3 rings (SSSR count). The Balaban J connectivity index is 1.84. The van der Waals surface area contributed by atoms with Crippen LogP contribution in [0, 0.1) is 0 Å². The molecule has 0 aliphatic carbocycles. The van der Waals surface area contributed by atoms with Gasteiger partial charge in [-0.3, -0.25) is 14.9 Å². The molecular weight excluding hydrogens is 422 g/mol. The summed E-state index contributed by atoms with van der Waals surface area (Å²) in [5.74, 6) is -1.60. The van der Waals surface area contributed by atoms with Crippen LogP contribution < -0.4 is 15.5 Å². The van der Waals surface area contributed by atoms with E-state index in [2.05, 4.69) is 10.6 Å². The van der Waals surface area contributed by atoms with Gasteiger partial charge in [0.1, 0.15) is 5.60 Å². The van der Waals surface area contributed by atoms with Crippen molar-refractivity contribution in [1.82, 2.24) is 10.6 Å². The van der Waals surface area contributed by atoms with Gasteiger partial charge in [-0.2, -0.15) is 0 Å². The number of carbonyl (C=O) groups excluding carboxylic acids is 3. The SMILES string of the molecule is CC(C)(C)OC(=O)N[C@@H]1CCCN(c2ccc(C(=O)O)cc2/C=C2\SC(=O)NC2=O)C1. The van der Waals surface area contributed by atoms with Crippen molar-refractivity contribution >= 4 is 46.7 Å². The summed E-state index contributed by atoms with van der Waals surface area (Å²) in [6.45, 7) is 6.59. The zero-order chi connectivity index (χ0) is 22.8. The first kappa shape index (κ1) is 22.7. The first-order valence-electron chi connectivity index (χ1n) is 9.88. The predicted octanol–water partition coefficient (Wildman–Crippen LogP) is 3.20. The second-order valence-electron chi connectivity index (χ2n) is 8.36. The maximum absolute atomic E-state index is 12.1. The molecule has 31 heavy (non-hydrogen) atoms. The summed E-state index contributed by atoms with van der Waals surface area (Å²) < 4.78 is 5.34. The Kier molecular flexibility index (Phi) is 6.59. The number of anilines is 1. The van der Waals surface area contributed by atoms with Gasteiger partial charge in [0.2, 0.25) is 0 Å². The summed E-state index contributed by atoms with van der Waals surface area (Å²) in [4.78, 5) is 49.3. The van der Waals surface area contributed by atoms with E-state index in [4.69, 9.17) is 4.74 Å². The molecule has 3 N–H and O–H groups in total. The minimum absolute atomic E-state index is 0.0748. The van der Waals surface area contributed by atoms with Crippen LogP contribution in [0.25, 0.3) is 6.08 Å². The molecular formula is C21H25N3O6S. The highest BCUT2D eigenvalue weighted by molar-refractivity contribution is 8.18. The van der Waals surface area contributed by atoms with Crippen LogP contribution in [0.1, 0.15) is 49.5 Å². The Morgan fingerprint density at radius 3 is 2.68 bits per heavy atom. The third-order valence-corrected chi connectivity index (χ3v) is 5.50. The summed E-state index contributed by atoms with van der Waals surface area (Å²) in [5.41, 5.74) is 0.721. The van der Waals surface area contributed by atoms with Gasteiger partial charge in [0.15, 0.2) is 0 Å². The molecule has 1 aromatic carbocycles. The summed E-state index contributed by atoms with van der Waals surface area (Å²) in [6.07, 6.45) is 2.63. The van der Waals surface area contributed by atoms with E-state index in [1.54, 1.807) is 26.8 Å². The minimum atomic E-state index is -1.09. The normalized spacial score (nSPS) is 20.5. The Labute approximate surface area is 184 Å². The number of hydrogen-bond donors (Lipinski definition) is 3. The number of benzene rings is 1. The van der Waals surface area contributed by atoms with E-state index in [1.807, 2.05) is 4.90 Å². The number of amides is 3. The highest BCUT2D eigenvalue weighted by Gasteiger charge is 2.28. The third kappa shape index (κ3) is 6.00. The molecule has 2 aliphatic rings. The number of rotatable bonds is 4. The highest BCUT2D eigenvalue weighted by Crippen LogP contribution is 2.32. The lowest BCUT2D eigenvalue weighted by Gasteiger charge is -2.36. The molecule has 0 saturated carbocycles. The molecule has 1 aromatic rings. The number of thioether (sulfide) groups is 1. The fourth-order valence-corrected chi connectivity index (χ4v) is 4.11. The van der Waals surface area contributed by atoms with Crippen LogP contribution in [0.4, 0.5) is 15.3 Å². The number of piperidine rings is 1. The number of alkyl carbamates (subject to hydrolysis) is 1. The second-order valence-corrected chi connectivity index (χ2v) is 9.38. The number of nitrogens with one attached hydrogen (secondary N) is 2. The molecule has 2 heterocycles. The summed E-state index contributed by atoms with van der Waals surface area (Å²) >= 11 is 0.774. The van der Waals surface area contributed by atoms with Crippen molar-refractivity contribution < 1.29 is 29.0 Å². The average molecular weight is 448 g/mol. The van der Waals surface area contributed by atoms with Crippen LogP contribution in [0.15, 0.2) is 23.1 Å². The van der Waals surface area contributed by atoms with E-state index in [9.17, 15) is 24.3 Å². The lowest BCUT2D eigenvalue weighted by atomic mass is 10.0. The number of carboxylic acid groups (broad SMARTS) is 1. The van der Waals surface area contributed by atoms with E-state index in [-0.39, 0.29) is 16.5 Å². The zero-order valence-electron chi connectivity index (χ0n) is 17.6. The Hall–Kier alpha value is -3.01. The fraction of sp³-hybridized carbons (Fsp3) is 0.429. The monoisotopic (exact) mass is 447 g/mol. The van der Waals surface area contributed by atoms with E-state index in [0.29, 0.717) is 18.7 Å². The molecule has 1 atom stereocenters. The first-order chi connectivity index (χ1) is 14.5. The van der Waals surface area contributed by atoms with Crippen molar-refractivity contribution in [1.29, 1.82) is 0 Å². The zero-order valence-corrected chi connectivity index (χ0v) is 18.4. The summed E-state index contributed by atoms with van der Waals surface area (Å²) in [6, 6.07) is 4.52. The molecule has 0 spiro atoms. The number of imide groups is 1. The van der Waals surface area contributed by atoms with Crippen molar-refractivity contribution in [2.45, 2.75) is 45.3 Å². The Morgan fingerprint density at radius 1 is 1.32 bits per heavy atom. The molecule has 2 aliphatic heterocycles. The second kappa shape index (κ2) is 9.01. The molecule has 0 aromatic heterocycles. The maximum atomic E-state index is 12.1. The number of nitrogens with zero attached hydrogens (tertiary/aromatic N) is 1.